The van der Waals surface area contributed by atoms with Gasteiger partial charge in [-0.2, -0.15) is 0 Å². The van der Waals surface area contributed by atoms with Crippen LogP contribution in [0.2, 0.25) is 0 Å². The van der Waals surface area contributed by atoms with E-state index in [1.165, 1.54) is 0 Å². The van der Waals surface area contributed by atoms with Gasteiger partial charge in [-0.05, 0) is 30.2 Å². The van der Waals surface area contributed by atoms with Gasteiger partial charge < -0.3 is 15.0 Å². The van der Waals surface area contributed by atoms with Crippen LogP contribution in [0, 0.1) is 17.8 Å². The number of aromatic nitrogens is 3. The Morgan fingerprint density at radius 1 is 1.38 bits per heavy atom. The van der Waals surface area contributed by atoms with E-state index in [2.05, 4.69) is 15.0 Å². The fourth-order valence-electron chi connectivity index (χ4n) is 3.76. The Morgan fingerprint density at radius 3 is 2.88 bits per heavy atom. The second kappa shape index (κ2) is 7.85. The number of nitrogens with zero attached hydrogens (tertiary/aromatic N) is 3. The number of imidazole rings is 1. The van der Waals surface area contributed by atoms with E-state index in [0.717, 1.165) is 23.3 Å². The van der Waals surface area contributed by atoms with Crippen molar-refractivity contribution in [3.8, 4) is 0 Å². The number of H-pyrrole nitrogens is 1. The zero-order valence-corrected chi connectivity index (χ0v) is 15.3. The van der Waals surface area contributed by atoms with E-state index in [1.807, 2.05) is 24.8 Å². The minimum absolute atomic E-state index is 0.0573. The van der Waals surface area contributed by atoms with E-state index in [-0.39, 0.29) is 24.2 Å². The first-order chi connectivity index (χ1) is 12.4. The Labute approximate surface area is 152 Å². The smallest absolute Gasteiger partial charge is 0.303 e. The minimum atomic E-state index is -0.782. The van der Waals surface area contributed by atoms with Crippen molar-refractivity contribution in [1.82, 2.24) is 19.9 Å². The maximum absolute atomic E-state index is 12.5. The fourth-order valence-corrected chi connectivity index (χ4v) is 3.76. The van der Waals surface area contributed by atoms with Crippen molar-refractivity contribution in [3.05, 3.63) is 24.3 Å². The van der Waals surface area contributed by atoms with Crippen LogP contribution in [0.1, 0.15) is 38.9 Å². The van der Waals surface area contributed by atoms with Gasteiger partial charge in [0.1, 0.15) is 5.82 Å². The van der Waals surface area contributed by atoms with Gasteiger partial charge in [-0.15, -0.1) is 0 Å². The van der Waals surface area contributed by atoms with Crippen LogP contribution in [0.5, 0.6) is 0 Å². The average Bonchev–Trinajstić information content (AvgIpc) is 2.97. The minimum Gasteiger partial charge on any atom is -0.481 e. The summed E-state index contributed by atoms with van der Waals surface area (Å²) in [5, 5.41) is 9.25. The van der Waals surface area contributed by atoms with E-state index >= 15 is 0 Å². The maximum atomic E-state index is 12.5. The molecule has 2 aromatic rings. The molecule has 1 aliphatic heterocycles. The molecule has 0 aliphatic carbocycles. The summed E-state index contributed by atoms with van der Waals surface area (Å²) in [6.45, 7) is 5.31. The van der Waals surface area contributed by atoms with Gasteiger partial charge in [0.25, 0.3) is 0 Å². The second-order valence-electron chi connectivity index (χ2n) is 7.62. The Bertz CT molecular complexity index is 753. The topological polar surface area (TPSA) is 99.2 Å². The summed E-state index contributed by atoms with van der Waals surface area (Å²) in [5.41, 5.74) is 1.73. The number of hydrogen-bond donors (Lipinski definition) is 2. The number of aliphatic carboxylic acids is 1. The monoisotopic (exact) mass is 358 g/mol. The van der Waals surface area contributed by atoms with Gasteiger partial charge in [-0.1, -0.05) is 13.8 Å². The largest absolute Gasteiger partial charge is 0.481 e. The lowest BCUT2D eigenvalue weighted by molar-refractivity contribution is -0.140. The molecular formula is C19H26N4O3. The predicted octanol–water partition coefficient (Wildman–Crippen LogP) is 2.49. The molecule has 3 rings (SSSR count). The van der Waals surface area contributed by atoms with Crippen LogP contribution in [-0.4, -0.2) is 49.9 Å². The number of rotatable bonds is 6. The first-order valence-electron chi connectivity index (χ1n) is 9.20. The van der Waals surface area contributed by atoms with Crippen LogP contribution in [0.25, 0.3) is 11.0 Å². The Kier molecular flexibility index (Phi) is 5.54. The molecule has 7 heteroatoms. The molecule has 0 radical (unpaired) electrons. The van der Waals surface area contributed by atoms with Crippen molar-refractivity contribution in [2.75, 3.05) is 13.1 Å². The third kappa shape index (κ3) is 4.39. The second-order valence-corrected chi connectivity index (χ2v) is 7.62. The summed E-state index contributed by atoms with van der Waals surface area (Å²) in [7, 11) is 0. The van der Waals surface area contributed by atoms with Crippen molar-refractivity contribution in [1.29, 1.82) is 0 Å². The number of carboxylic acids is 1. The number of hydrogen-bond acceptors (Lipinski definition) is 4. The van der Waals surface area contributed by atoms with Gasteiger partial charge in [0.05, 0.1) is 17.2 Å². The summed E-state index contributed by atoms with van der Waals surface area (Å²) in [6, 6.07) is 1.85. The van der Waals surface area contributed by atoms with Crippen molar-refractivity contribution >= 4 is 22.9 Å². The summed E-state index contributed by atoms with van der Waals surface area (Å²) >= 11 is 0. The number of fused-ring (bicyclic) bond motifs is 1. The lowest BCUT2D eigenvalue weighted by Crippen LogP contribution is -2.45. The quantitative estimate of drug-likeness (QED) is 0.826. The highest BCUT2D eigenvalue weighted by molar-refractivity contribution is 5.76. The molecular weight excluding hydrogens is 332 g/mol. The van der Waals surface area contributed by atoms with Crippen LogP contribution in [-0.2, 0) is 16.0 Å². The highest BCUT2D eigenvalue weighted by Crippen LogP contribution is 2.30. The van der Waals surface area contributed by atoms with Crippen molar-refractivity contribution < 1.29 is 14.7 Å². The molecule has 2 aromatic heterocycles. The number of carboxylic acid groups (broad SMARTS) is 1. The van der Waals surface area contributed by atoms with Crippen LogP contribution in [0.3, 0.4) is 0 Å². The molecule has 2 N–H and O–H groups in total. The number of pyridine rings is 1. The number of carbonyl (C=O) groups excluding carboxylic acids is 1. The molecule has 0 spiro atoms. The van der Waals surface area contributed by atoms with Gasteiger partial charge in [0.15, 0.2) is 0 Å². The lowest BCUT2D eigenvalue weighted by atomic mass is 9.81. The highest BCUT2D eigenvalue weighted by atomic mass is 16.4. The van der Waals surface area contributed by atoms with Crippen LogP contribution < -0.4 is 0 Å². The van der Waals surface area contributed by atoms with E-state index < -0.39 is 5.97 Å². The lowest BCUT2D eigenvalue weighted by Gasteiger charge is -2.38. The molecule has 1 fully saturated rings. The molecule has 0 bridgehead atoms. The Morgan fingerprint density at radius 2 is 2.19 bits per heavy atom. The van der Waals surface area contributed by atoms with E-state index in [9.17, 15) is 14.7 Å². The molecule has 1 saturated heterocycles. The van der Waals surface area contributed by atoms with Crippen molar-refractivity contribution in [2.24, 2.45) is 17.8 Å². The molecule has 2 unspecified atom stereocenters. The first kappa shape index (κ1) is 18.4. The summed E-state index contributed by atoms with van der Waals surface area (Å²) in [4.78, 5) is 37.6. The standard InChI is InChI=1S/C19H26N4O3/c1-12(2)7-18(24)23-6-4-13(9-19(25)26)14(11-23)8-17-21-15-3-5-20-10-16(15)22-17/h3,5,10,12-14H,4,6-9,11H2,1-2H3,(H,21,22)(H,25,26). The zero-order valence-electron chi connectivity index (χ0n) is 15.3. The number of amides is 1. The van der Waals surface area contributed by atoms with Gasteiger partial charge in [0.2, 0.25) is 5.91 Å². The molecule has 7 nitrogen and oxygen atoms in total. The number of likely N-dealkylation sites (tertiary alicyclic amines) is 1. The molecule has 2 atom stereocenters. The molecule has 26 heavy (non-hydrogen) atoms. The van der Waals surface area contributed by atoms with Crippen LogP contribution in [0.4, 0.5) is 0 Å². The summed E-state index contributed by atoms with van der Waals surface area (Å²) < 4.78 is 0. The predicted molar refractivity (Wildman–Crippen MR) is 97.5 cm³/mol. The van der Waals surface area contributed by atoms with Crippen LogP contribution >= 0.6 is 0 Å². The van der Waals surface area contributed by atoms with E-state index in [1.54, 1.807) is 12.4 Å². The van der Waals surface area contributed by atoms with Gasteiger partial charge in [0, 0.05) is 38.5 Å². The van der Waals surface area contributed by atoms with Gasteiger partial charge in [-0.3, -0.25) is 14.6 Å². The zero-order chi connectivity index (χ0) is 18.7. The van der Waals surface area contributed by atoms with Gasteiger partial charge >= 0.3 is 5.97 Å². The van der Waals surface area contributed by atoms with Crippen molar-refractivity contribution in [3.63, 3.8) is 0 Å². The summed E-state index contributed by atoms with van der Waals surface area (Å²) in [5.74, 6) is 0.668. The van der Waals surface area contributed by atoms with E-state index in [0.29, 0.717) is 31.8 Å². The van der Waals surface area contributed by atoms with Crippen molar-refractivity contribution in [2.45, 2.75) is 39.5 Å². The number of carbonyl (C=O) groups is 2. The molecule has 1 amide bonds. The molecule has 140 valence electrons. The molecule has 3 heterocycles. The maximum Gasteiger partial charge on any atom is 0.303 e. The normalized spacial score (nSPS) is 20.7. The number of nitrogens with one attached hydrogen (secondary N) is 1. The van der Waals surface area contributed by atoms with E-state index in [4.69, 9.17) is 0 Å². The SMILES string of the molecule is CC(C)CC(=O)N1CCC(CC(=O)O)C(Cc2nc3ccncc3[nH]2)C1. The first-order valence-corrected chi connectivity index (χ1v) is 9.20. The molecule has 0 saturated carbocycles. The summed E-state index contributed by atoms with van der Waals surface area (Å²) in [6.07, 6.45) is 5.47. The highest BCUT2D eigenvalue weighted by Gasteiger charge is 2.33. The number of piperidine rings is 1. The Hall–Kier alpha value is -2.44. The third-order valence-corrected chi connectivity index (χ3v) is 5.05. The average molecular weight is 358 g/mol. The molecule has 0 aromatic carbocycles. The third-order valence-electron chi connectivity index (χ3n) is 5.05. The van der Waals surface area contributed by atoms with Crippen LogP contribution in [0.15, 0.2) is 18.5 Å². The molecule has 1 aliphatic rings. The Balaban J connectivity index is 1.75. The fraction of sp³-hybridized carbons (Fsp3) is 0.579. The number of aromatic amines is 1. The van der Waals surface area contributed by atoms with Gasteiger partial charge in [-0.25, -0.2) is 4.98 Å².